The van der Waals surface area contributed by atoms with Crippen molar-refractivity contribution < 1.29 is 0 Å². The molecule has 1 unspecified atom stereocenters. The summed E-state index contributed by atoms with van der Waals surface area (Å²) in [4.78, 5) is 6.59. The van der Waals surface area contributed by atoms with Gasteiger partial charge in [-0.25, -0.2) is 4.98 Å². The molecule has 0 aromatic carbocycles. The zero-order chi connectivity index (χ0) is 11.9. The molecular formula is C13H21N3. The summed E-state index contributed by atoms with van der Waals surface area (Å²) in [6.45, 7) is 6.32. The zero-order valence-electron chi connectivity index (χ0n) is 10.6. The van der Waals surface area contributed by atoms with E-state index in [1.54, 1.807) is 0 Å². The van der Waals surface area contributed by atoms with Gasteiger partial charge in [0.15, 0.2) is 0 Å². The molecular weight excluding hydrogens is 198 g/mol. The number of rotatable bonds is 3. The van der Waals surface area contributed by atoms with Crippen LogP contribution in [0, 0.1) is 19.8 Å². The highest BCUT2D eigenvalue weighted by molar-refractivity contribution is 5.51. The van der Waals surface area contributed by atoms with Crippen LogP contribution in [0.3, 0.4) is 0 Å². The van der Waals surface area contributed by atoms with Gasteiger partial charge >= 0.3 is 0 Å². The van der Waals surface area contributed by atoms with Gasteiger partial charge in [-0.2, -0.15) is 0 Å². The molecule has 1 fully saturated rings. The summed E-state index contributed by atoms with van der Waals surface area (Å²) < 4.78 is 0. The number of nitrogens with zero attached hydrogens (tertiary/aromatic N) is 2. The summed E-state index contributed by atoms with van der Waals surface area (Å²) in [5.41, 5.74) is 8.62. The molecule has 2 rings (SSSR count). The third-order valence-electron chi connectivity index (χ3n) is 3.89. The van der Waals surface area contributed by atoms with Crippen LogP contribution in [-0.2, 0) is 0 Å². The second-order valence-electron chi connectivity index (χ2n) is 5.14. The molecule has 0 amide bonds. The van der Waals surface area contributed by atoms with E-state index in [0.717, 1.165) is 5.82 Å². The smallest absolute Gasteiger partial charge is 0.132 e. The molecule has 3 heteroatoms. The van der Waals surface area contributed by atoms with E-state index in [0.29, 0.717) is 5.92 Å². The van der Waals surface area contributed by atoms with Crippen molar-refractivity contribution in [3.63, 3.8) is 0 Å². The fourth-order valence-corrected chi connectivity index (χ4v) is 2.13. The van der Waals surface area contributed by atoms with Crippen LogP contribution in [-0.4, -0.2) is 17.7 Å². The second kappa shape index (κ2) is 3.74. The van der Waals surface area contributed by atoms with Crippen LogP contribution in [0.15, 0.2) is 12.3 Å². The molecule has 3 nitrogen and oxygen atoms in total. The molecule has 0 bridgehead atoms. The van der Waals surface area contributed by atoms with E-state index >= 15 is 0 Å². The van der Waals surface area contributed by atoms with Gasteiger partial charge in [0.2, 0.25) is 0 Å². The van der Waals surface area contributed by atoms with Crippen molar-refractivity contribution in [3.8, 4) is 0 Å². The molecule has 1 atom stereocenters. The third-order valence-corrected chi connectivity index (χ3v) is 3.89. The van der Waals surface area contributed by atoms with Crippen LogP contribution < -0.4 is 10.6 Å². The molecule has 0 aliphatic heterocycles. The van der Waals surface area contributed by atoms with Gasteiger partial charge in [-0.3, -0.25) is 0 Å². The number of nitrogens with two attached hydrogens (primary N) is 1. The van der Waals surface area contributed by atoms with Crippen LogP contribution in [0.4, 0.5) is 5.82 Å². The summed E-state index contributed by atoms with van der Waals surface area (Å²) in [6, 6.07) is 2.04. The average Bonchev–Trinajstić information content (AvgIpc) is 3.04. The molecule has 0 spiro atoms. The lowest BCUT2D eigenvalue weighted by atomic mass is 10.0. The van der Waals surface area contributed by atoms with Crippen molar-refractivity contribution in [1.29, 1.82) is 0 Å². The van der Waals surface area contributed by atoms with Gasteiger partial charge < -0.3 is 10.6 Å². The van der Waals surface area contributed by atoms with E-state index in [2.05, 4.69) is 30.7 Å². The Morgan fingerprint density at radius 3 is 2.62 bits per heavy atom. The summed E-state index contributed by atoms with van der Waals surface area (Å²) >= 11 is 0. The van der Waals surface area contributed by atoms with Crippen LogP contribution in [0.5, 0.6) is 0 Å². The second-order valence-corrected chi connectivity index (χ2v) is 5.14. The Balaban J connectivity index is 2.33. The van der Waals surface area contributed by atoms with Crippen LogP contribution in [0.2, 0.25) is 0 Å². The van der Waals surface area contributed by atoms with E-state index in [9.17, 15) is 0 Å². The summed E-state index contributed by atoms with van der Waals surface area (Å²) in [5.74, 6) is 1.62. The fraction of sp³-hybridized carbons (Fsp3) is 0.615. The van der Waals surface area contributed by atoms with Crippen molar-refractivity contribution in [1.82, 2.24) is 4.98 Å². The summed E-state index contributed by atoms with van der Waals surface area (Å²) in [6.07, 6.45) is 4.33. The normalized spacial score (nSPS) is 19.3. The maximum atomic E-state index is 6.40. The van der Waals surface area contributed by atoms with Crippen molar-refractivity contribution in [2.24, 2.45) is 11.7 Å². The number of aryl methyl sites for hydroxylation is 1. The van der Waals surface area contributed by atoms with Gasteiger partial charge in [0.25, 0.3) is 0 Å². The molecule has 2 N–H and O–H groups in total. The molecule has 1 aliphatic rings. The minimum Gasteiger partial charge on any atom is -0.341 e. The highest BCUT2D eigenvalue weighted by atomic mass is 15.3. The first-order valence-electron chi connectivity index (χ1n) is 5.89. The molecule has 0 radical (unpaired) electrons. The van der Waals surface area contributed by atoms with Crippen molar-refractivity contribution >= 4 is 5.82 Å². The highest BCUT2D eigenvalue weighted by Gasteiger charge is 2.42. The fourth-order valence-electron chi connectivity index (χ4n) is 2.13. The van der Waals surface area contributed by atoms with Gasteiger partial charge in [-0.1, -0.05) is 0 Å². The first kappa shape index (κ1) is 11.4. The number of pyridine rings is 1. The number of hydrogen-bond acceptors (Lipinski definition) is 3. The minimum absolute atomic E-state index is 0.272. The van der Waals surface area contributed by atoms with Gasteiger partial charge in [0.05, 0.1) is 5.66 Å². The number of hydrogen-bond donors (Lipinski definition) is 1. The van der Waals surface area contributed by atoms with E-state index in [-0.39, 0.29) is 5.66 Å². The largest absolute Gasteiger partial charge is 0.341 e. The lowest BCUT2D eigenvalue weighted by molar-refractivity contribution is 0.399. The van der Waals surface area contributed by atoms with Crippen molar-refractivity contribution in [2.45, 2.75) is 39.3 Å². The lowest BCUT2D eigenvalue weighted by Crippen LogP contribution is -2.54. The highest BCUT2D eigenvalue weighted by Crippen LogP contribution is 2.41. The molecule has 1 saturated carbocycles. The van der Waals surface area contributed by atoms with E-state index in [4.69, 9.17) is 5.73 Å². The van der Waals surface area contributed by atoms with Crippen molar-refractivity contribution in [3.05, 3.63) is 23.4 Å². The van der Waals surface area contributed by atoms with Crippen LogP contribution >= 0.6 is 0 Å². The minimum atomic E-state index is -0.272. The average molecular weight is 219 g/mol. The Labute approximate surface area is 97.7 Å². The first-order valence-corrected chi connectivity index (χ1v) is 5.89. The predicted molar refractivity (Wildman–Crippen MR) is 67.4 cm³/mol. The summed E-state index contributed by atoms with van der Waals surface area (Å²) in [7, 11) is 2.05. The topological polar surface area (TPSA) is 42.2 Å². The first-order chi connectivity index (χ1) is 7.44. The Morgan fingerprint density at radius 2 is 2.06 bits per heavy atom. The quantitative estimate of drug-likeness (QED) is 0.793. The third kappa shape index (κ3) is 1.80. The van der Waals surface area contributed by atoms with Crippen molar-refractivity contribution in [2.75, 3.05) is 11.9 Å². The molecule has 1 aromatic heterocycles. The molecule has 88 valence electrons. The van der Waals surface area contributed by atoms with Crippen LogP contribution in [0.1, 0.15) is 30.9 Å². The van der Waals surface area contributed by atoms with Gasteiger partial charge in [0.1, 0.15) is 5.82 Å². The SMILES string of the molecule is Cc1ccnc(N(C)C(C)(N)C2CC2)c1C. The van der Waals surface area contributed by atoms with Gasteiger partial charge in [-0.05, 0) is 56.7 Å². The van der Waals surface area contributed by atoms with Crippen LogP contribution in [0.25, 0.3) is 0 Å². The Hall–Kier alpha value is -1.09. The predicted octanol–water partition coefficient (Wildman–Crippen LogP) is 2.22. The molecule has 1 aromatic rings. The molecule has 1 heterocycles. The summed E-state index contributed by atoms with van der Waals surface area (Å²) in [5, 5.41) is 0. The maximum absolute atomic E-state index is 6.40. The molecule has 0 saturated heterocycles. The Bertz CT molecular complexity index is 394. The maximum Gasteiger partial charge on any atom is 0.132 e. The van der Waals surface area contributed by atoms with Gasteiger partial charge in [-0.15, -0.1) is 0 Å². The number of anilines is 1. The Kier molecular flexibility index (Phi) is 2.66. The zero-order valence-corrected chi connectivity index (χ0v) is 10.6. The number of aromatic nitrogens is 1. The van der Waals surface area contributed by atoms with E-state index < -0.39 is 0 Å². The standard InChI is InChI=1S/C13H21N3/c1-9-7-8-15-12(10(9)2)16(4)13(3,14)11-5-6-11/h7-8,11H,5-6,14H2,1-4H3. The Morgan fingerprint density at radius 1 is 1.44 bits per heavy atom. The molecule has 16 heavy (non-hydrogen) atoms. The van der Waals surface area contributed by atoms with E-state index in [1.165, 1.54) is 24.0 Å². The monoisotopic (exact) mass is 219 g/mol. The lowest BCUT2D eigenvalue weighted by Gasteiger charge is -2.37. The molecule has 1 aliphatic carbocycles. The van der Waals surface area contributed by atoms with Gasteiger partial charge in [0, 0.05) is 13.2 Å². The van der Waals surface area contributed by atoms with E-state index in [1.807, 2.05) is 19.3 Å².